The molecule has 0 amide bonds. The van der Waals surface area contributed by atoms with E-state index in [1.165, 1.54) is 0 Å². The first-order valence-corrected chi connectivity index (χ1v) is 7.62. The van der Waals surface area contributed by atoms with E-state index < -0.39 is 12.1 Å². The highest BCUT2D eigenvalue weighted by molar-refractivity contribution is 5.81. The third-order valence-electron chi connectivity index (χ3n) is 4.22. The minimum atomic E-state index is -0.986. The van der Waals surface area contributed by atoms with Crippen LogP contribution in [0.3, 0.4) is 0 Å². The van der Waals surface area contributed by atoms with Crippen LogP contribution in [0.15, 0.2) is 40.9 Å². The Morgan fingerprint density at radius 3 is 2.92 bits per heavy atom. The monoisotopic (exact) mass is 325 g/mol. The van der Waals surface area contributed by atoms with Crippen molar-refractivity contribution in [3.63, 3.8) is 0 Å². The van der Waals surface area contributed by atoms with Gasteiger partial charge in [0.1, 0.15) is 17.9 Å². The predicted octanol–water partition coefficient (Wildman–Crippen LogP) is 2.69. The number of carboxylic acids is 1. The van der Waals surface area contributed by atoms with Gasteiger partial charge in [-0.15, -0.1) is 0 Å². The molecule has 0 bridgehead atoms. The number of carbonyl (C=O) groups is 1. The van der Waals surface area contributed by atoms with Crippen molar-refractivity contribution < 1.29 is 24.2 Å². The summed E-state index contributed by atoms with van der Waals surface area (Å²) in [5, 5.41) is 18.5. The highest BCUT2D eigenvalue weighted by atomic mass is 16.5. The number of ether oxygens (including phenoxy) is 1. The third kappa shape index (κ3) is 2.46. The molecule has 6 nitrogen and oxygen atoms in total. The summed E-state index contributed by atoms with van der Waals surface area (Å²) in [6, 6.07) is 9.26. The molecule has 1 atom stereocenters. The first kappa shape index (κ1) is 14.9. The van der Waals surface area contributed by atoms with E-state index >= 15 is 0 Å². The van der Waals surface area contributed by atoms with E-state index in [9.17, 15) is 9.90 Å². The van der Waals surface area contributed by atoms with E-state index in [2.05, 4.69) is 4.98 Å². The van der Waals surface area contributed by atoms with Gasteiger partial charge >= 0.3 is 5.97 Å². The predicted molar refractivity (Wildman–Crippen MR) is 85.4 cm³/mol. The Labute approximate surface area is 137 Å². The van der Waals surface area contributed by atoms with Gasteiger partial charge in [-0.1, -0.05) is 12.1 Å². The van der Waals surface area contributed by atoms with E-state index in [0.29, 0.717) is 35.5 Å². The van der Waals surface area contributed by atoms with Gasteiger partial charge in [-0.05, 0) is 35.2 Å². The second-order valence-electron chi connectivity index (χ2n) is 5.73. The van der Waals surface area contributed by atoms with Gasteiger partial charge in [-0.3, -0.25) is 4.98 Å². The van der Waals surface area contributed by atoms with E-state index in [4.69, 9.17) is 14.3 Å². The fourth-order valence-electron chi connectivity index (χ4n) is 3.03. The Hall–Kier alpha value is -2.70. The number of carboxylic acid groups (broad SMARTS) is 1. The van der Waals surface area contributed by atoms with Crippen LogP contribution in [0.4, 0.5) is 0 Å². The highest BCUT2D eigenvalue weighted by Gasteiger charge is 2.27. The second-order valence-corrected chi connectivity index (χ2v) is 5.73. The maximum absolute atomic E-state index is 11.4. The van der Waals surface area contributed by atoms with Gasteiger partial charge in [0.25, 0.3) is 0 Å². The fraction of sp³-hybridized carbons (Fsp3) is 0.222. The van der Waals surface area contributed by atoms with Crippen molar-refractivity contribution in [3.05, 3.63) is 53.4 Å². The number of hydrogen-bond acceptors (Lipinski definition) is 5. The lowest BCUT2D eigenvalue weighted by Crippen LogP contribution is -2.23. The maximum atomic E-state index is 11.4. The molecule has 0 saturated heterocycles. The Kier molecular flexibility index (Phi) is 3.55. The number of aliphatic hydroxyl groups excluding tert-OH is 1. The molecule has 3 aromatic rings. The van der Waals surface area contributed by atoms with Crippen LogP contribution in [-0.2, 0) is 22.6 Å². The van der Waals surface area contributed by atoms with Crippen LogP contribution in [0.2, 0.25) is 0 Å². The van der Waals surface area contributed by atoms with Crippen molar-refractivity contribution in [2.45, 2.75) is 19.1 Å². The molecule has 1 unspecified atom stereocenters. The summed E-state index contributed by atoms with van der Waals surface area (Å²) in [6.45, 7) is 0.231. The molecule has 2 N–H and O–H groups in total. The Morgan fingerprint density at radius 1 is 1.25 bits per heavy atom. The van der Waals surface area contributed by atoms with Gasteiger partial charge in [0.2, 0.25) is 0 Å². The zero-order valence-electron chi connectivity index (χ0n) is 12.7. The molecule has 0 radical (unpaired) electrons. The largest absolute Gasteiger partial charge is 0.479 e. The van der Waals surface area contributed by atoms with Crippen molar-refractivity contribution in [1.29, 1.82) is 0 Å². The third-order valence-corrected chi connectivity index (χ3v) is 4.22. The summed E-state index contributed by atoms with van der Waals surface area (Å²) in [5.74, 6) is -0.528. The lowest BCUT2D eigenvalue weighted by molar-refractivity contribution is -0.151. The Bertz CT molecular complexity index is 930. The number of benzene rings is 1. The minimum Gasteiger partial charge on any atom is -0.479 e. The van der Waals surface area contributed by atoms with Crippen molar-refractivity contribution >= 4 is 17.1 Å². The van der Waals surface area contributed by atoms with E-state index in [-0.39, 0.29) is 6.61 Å². The van der Waals surface area contributed by atoms with Crippen molar-refractivity contribution in [1.82, 2.24) is 4.98 Å². The molecule has 24 heavy (non-hydrogen) atoms. The number of fused-ring (bicyclic) bond motifs is 2. The van der Waals surface area contributed by atoms with Gasteiger partial charge < -0.3 is 19.4 Å². The number of aliphatic carboxylic acids is 1. The topological polar surface area (TPSA) is 92.8 Å². The summed E-state index contributed by atoms with van der Waals surface area (Å²) < 4.78 is 10.9. The molecule has 1 aliphatic rings. The van der Waals surface area contributed by atoms with Crippen LogP contribution in [0.1, 0.15) is 23.0 Å². The summed E-state index contributed by atoms with van der Waals surface area (Å²) in [5.41, 5.74) is 4.60. The number of nitrogens with zero attached hydrogens (tertiary/aromatic N) is 1. The van der Waals surface area contributed by atoms with Gasteiger partial charge in [-0.25, -0.2) is 4.79 Å². The average Bonchev–Trinajstić information content (AvgIpc) is 3.03. The number of furan rings is 1. The van der Waals surface area contributed by atoms with Crippen LogP contribution in [0.5, 0.6) is 0 Å². The summed E-state index contributed by atoms with van der Waals surface area (Å²) in [4.78, 5) is 15.7. The quantitative estimate of drug-likeness (QED) is 0.769. The van der Waals surface area contributed by atoms with Crippen molar-refractivity contribution in [2.24, 2.45) is 0 Å². The molecular weight excluding hydrogens is 310 g/mol. The van der Waals surface area contributed by atoms with Gasteiger partial charge in [-0.2, -0.15) is 0 Å². The van der Waals surface area contributed by atoms with Crippen molar-refractivity contribution in [2.75, 3.05) is 6.61 Å². The molecular formula is C18H15NO5. The molecule has 3 heterocycles. The minimum absolute atomic E-state index is 0.178. The second kappa shape index (κ2) is 5.74. The molecule has 6 heteroatoms. The maximum Gasteiger partial charge on any atom is 0.337 e. The number of aromatic nitrogens is 1. The van der Waals surface area contributed by atoms with Gasteiger partial charge in [0.15, 0.2) is 11.7 Å². The lowest BCUT2D eigenvalue weighted by atomic mass is 9.93. The smallest absolute Gasteiger partial charge is 0.337 e. The van der Waals surface area contributed by atoms with Crippen LogP contribution >= 0.6 is 0 Å². The van der Waals surface area contributed by atoms with Crippen molar-refractivity contribution in [3.8, 4) is 11.1 Å². The lowest BCUT2D eigenvalue weighted by Gasteiger charge is -2.23. The first-order chi connectivity index (χ1) is 11.7. The molecule has 0 fully saturated rings. The van der Waals surface area contributed by atoms with Gasteiger partial charge in [0, 0.05) is 17.8 Å². The normalized spacial score (nSPS) is 17.0. The highest BCUT2D eigenvalue weighted by Crippen LogP contribution is 2.32. The molecule has 1 aromatic carbocycles. The molecule has 0 aliphatic carbocycles. The van der Waals surface area contributed by atoms with E-state index in [0.717, 1.165) is 16.7 Å². The SMILES string of the molecule is O=C(O)C1OCCc2ccc(-c3cnc4cc(CO)oc4c3)cc21. The van der Waals surface area contributed by atoms with Gasteiger partial charge in [0.05, 0.1) is 6.61 Å². The van der Waals surface area contributed by atoms with E-state index in [1.807, 2.05) is 24.3 Å². The van der Waals surface area contributed by atoms with Crippen LogP contribution in [0.25, 0.3) is 22.2 Å². The molecule has 0 saturated carbocycles. The Morgan fingerprint density at radius 2 is 2.12 bits per heavy atom. The van der Waals surface area contributed by atoms with Crippen LogP contribution in [-0.4, -0.2) is 27.8 Å². The zero-order valence-corrected chi connectivity index (χ0v) is 12.7. The summed E-state index contributed by atoms with van der Waals surface area (Å²) in [6.07, 6.45) is 1.48. The van der Waals surface area contributed by atoms with Crippen LogP contribution in [0, 0.1) is 0 Å². The summed E-state index contributed by atoms with van der Waals surface area (Å²) >= 11 is 0. The molecule has 0 spiro atoms. The standard InChI is InChI=1S/C18H15NO5/c20-9-13-7-15-16(24-13)6-12(8-19-15)11-2-1-10-3-4-23-17(18(21)22)14(10)5-11/h1-2,5-8,17,20H,3-4,9H2,(H,21,22). The summed E-state index contributed by atoms with van der Waals surface area (Å²) in [7, 11) is 0. The first-order valence-electron chi connectivity index (χ1n) is 7.62. The number of rotatable bonds is 3. The molecule has 2 aromatic heterocycles. The fourth-order valence-corrected chi connectivity index (χ4v) is 3.03. The molecule has 1 aliphatic heterocycles. The molecule has 4 rings (SSSR count). The Balaban J connectivity index is 1.79. The number of aliphatic hydroxyl groups is 1. The number of hydrogen-bond donors (Lipinski definition) is 2. The average molecular weight is 325 g/mol. The van der Waals surface area contributed by atoms with Crippen LogP contribution < -0.4 is 0 Å². The number of pyridine rings is 1. The zero-order chi connectivity index (χ0) is 16.7. The molecule has 122 valence electrons. The van der Waals surface area contributed by atoms with E-state index in [1.54, 1.807) is 12.3 Å².